The summed E-state index contributed by atoms with van der Waals surface area (Å²) in [5.74, 6) is -0.421. The molecule has 86 valence electrons. The van der Waals surface area contributed by atoms with Crippen molar-refractivity contribution in [2.45, 2.75) is 19.9 Å². The first kappa shape index (κ1) is 12.0. The number of carbonyl (C=O) groups excluding carboxylic acids is 1. The van der Waals surface area contributed by atoms with E-state index in [-0.39, 0.29) is 18.2 Å². The van der Waals surface area contributed by atoms with Crippen LogP contribution < -0.4 is 11.1 Å². The molecule has 0 aliphatic carbocycles. The predicted octanol–water partition coefficient (Wildman–Crippen LogP) is 0.143. The number of rotatable bonds is 4. The van der Waals surface area contributed by atoms with Crippen molar-refractivity contribution in [3.8, 4) is 0 Å². The molecule has 6 heteroatoms. The first-order valence-electron chi connectivity index (χ1n) is 4.77. The van der Waals surface area contributed by atoms with Crippen molar-refractivity contribution in [1.29, 1.82) is 0 Å². The van der Waals surface area contributed by atoms with Gasteiger partial charge in [-0.3, -0.25) is 9.78 Å². The van der Waals surface area contributed by atoms with Crippen molar-refractivity contribution in [2.75, 3.05) is 0 Å². The number of aromatic nitrogens is 1. The quantitative estimate of drug-likeness (QED) is 0.292. The van der Waals surface area contributed by atoms with Crippen molar-refractivity contribution in [1.82, 2.24) is 10.3 Å². The second-order valence-electron chi connectivity index (χ2n) is 3.31. The van der Waals surface area contributed by atoms with Gasteiger partial charge in [0, 0.05) is 6.20 Å². The minimum absolute atomic E-state index is 0.116. The van der Waals surface area contributed by atoms with E-state index in [0.717, 1.165) is 11.3 Å². The molecule has 0 saturated carbocycles. The lowest BCUT2D eigenvalue weighted by Crippen LogP contribution is -2.28. The van der Waals surface area contributed by atoms with Crippen LogP contribution in [0.25, 0.3) is 0 Å². The molecule has 0 fully saturated rings. The van der Waals surface area contributed by atoms with E-state index < -0.39 is 0 Å². The summed E-state index contributed by atoms with van der Waals surface area (Å²) >= 11 is 0. The molecule has 4 N–H and O–H groups in total. The average molecular weight is 222 g/mol. The smallest absolute Gasteiger partial charge is 0.228 e. The molecule has 1 amide bonds. The van der Waals surface area contributed by atoms with Gasteiger partial charge in [-0.2, -0.15) is 0 Å². The van der Waals surface area contributed by atoms with Crippen molar-refractivity contribution >= 4 is 11.7 Å². The van der Waals surface area contributed by atoms with Gasteiger partial charge in [0.1, 0.15) is 5.84 Å². The van der Waals surface area contributed by atoms with Crippen LogP contribution in [0.2, 0.25) is 0 Å². The Bertz CT molecular complexity index is 404. The Balaban J connectivity index is 2.46. The second-order valence-corrected chi connectivity index (χ2v) is 3.31. The summed E-state index contributed by atoms with van der Waals surface area (Å²) in [6, 6.07) is 3.75. The molecule has 0 unspecified atom stereocenters. The lowest BCUT2D eigenvalue weighted by atomic mass is 10.2. The zero-order valence-corrected chi connectivity index (χ0v) is 8.97. The summed E-state index contributed by atoms with van der Waals surface area (Å²) in [7, 11) is 0. The molecule has 1 aromatic rings. The second kappa shape index (κ2) is 5.69. The highest BCUT2D eigenvalue weighted by Gasteiger charge is 2.05. The third-order valence-corrected chi connectivity index (χ3v) is 2.04. The van der Waals surface area contributed by atoms with Crippen molar-refractivity contribution in [3.63, 3.8) is 0 Å². The fourth-order valence-electron chi connectivity index (χ4n) is 1.15. The van der Waals surface area contributed by atoms with E-state index in [1.165, 1.54) is 0 Å². The van der Waals surface area contributed by atoms with Gasteiger partial charge in [-0.05, 0) is 18.6 Å². The first-order valence-corrected chi connectivity index (χ1v) is 4.77. The minimum Gasteiger partial charge on any atom is -0.409 e. The number of amides is 1. The van der Waals surface area contributed by atoms with Gasteiger partial charge in [-0.15, -0.1) is 0 Å². The number of nitrogens with zero attached hydrogens (tertiary/aromatic N) is 2. The Hall–Kier alpha value is -2.11. The molecule has 1 aromatic heterocycles. The van der Waals surface area contributed by atoms with Crippen LogP contribution in [-0.2, 0) is 11.3 Å². The third kappa shape index (κ3) is 3.56. The molecule has 0 atom stereocenters. The van der Waals surface area contributed by atoms with Gasteiger partial charge < -0.3 is 16.3 Å². The topological polar surface area (TPSA) is 101 Å². The lowest BCUT2D eigenvalue weighted by molar-refractivity contribution is -0.120. The van der Waals surface area contributed by atoms with Crippen LogP contribution >= 0.6 is 0 Å². The highest BCUT2D eigenvalue weighted by Crippen LogP contribution is 2.02. The molecule has 0 aliphatic rings. The molecule has 0 aromatic carbocycles. The van der Waals surface area contributed by atoms with Gasteiger partial charge in [0.25, 0.3) is 0 Å². The number of aryl methyl sites for hydroxylation is 1. The van der Waals surface area contributed by atoms with Gasteiger partial charge in [-0.25, -0.2) is 0 Å². The van der Waals surface area contributed by atoms with Gasteiger partial charge in [0.05, 0.1) is 18.7 Å². The standard InChI is InChI=1S/C10H14N4O2/c1-7-3-2-4-12-8(7)6-13-10(15)5-9(11)14-16/h2-4,16H,5-6H2,1H3,(H2,11,14)(H,13,15). The summed E-state index contributed by atoms with van der Waals surface area (Å²) in [6.07, 6.45) is 1.54. The van der Waals surface area contributed by atoms with E-state index >= 15 is 0 Å². The van der Waals surface area contributed by atoms with Crippen LogP contribution in [0.5, 0.6) is 0 Å². The van der Waals surface area contributed by atoms with Gasteiger partial charge in [-0.1, -0.05) is 11.2 Å². The maximum Gasteiger partial charge on any atom is 0.228 e. The Morgan fingerprint density at radius 3 is 3.06 bits per heavy atom. The fraction of sp³-hybridized carbons (Fsp3) is 0.300. The van der Waals surface area contributed by atoms with E-state index in [1.807, 2.05) is 19.1 Å². The lowest BCUT2D eigenvalue weighted by Gasteiger charge is -2.06. The molecule has 0 spiro atoms. The Morgan fingerprint density at radius 2 is 2.44 bits per heavy atom. The summed E-state index contributed by atoms with van der Waals surface area (Å²) in [6.45, 7) is 2.25. The highest BCUT2D eigenvalue weighted by molar-refractivity contribution is 5.98. The molecule has 6 nitrogen and oxygen atoms in total. The van der Waals surface area contributed by atoms with Crippen molar-refractivity contribution in [3.05, 3.63) is 29.6 Å². The average Bonchev–Trinajstić information content (AvgIpc) is 2.28. The molecule has 0 aliphatic heterocycles. The Morgan fingerprint density at radius 1 is 1.69 bits per heavy atom. The van der Waals surface area contributed by atoms with E-state index in [2.05, 4.69) is 15.5 Å². The first-order chi connectivity index (χ1) is 7.63. The summed E-state index contributed by atoms with van der Waals surface area (Å²) < 4.78 is 0. The van der Waals surface area contributed by atoms with Crippen LogP contribution in [0.15, 0.2) is 23.5 Å². The molecular formula is C10H14N4O2. The van der Waals surface area contributed by atoms with Gasteiger partial charge >= 0.3 is 0 Å². The largest absolute Gasteiger partial charge is 0.409 e. The summed E-state index contributed by atoms with van der Waals surface area (Å²) in [4.78, 5) is 15.4. The van der Waals surface area contributed by atoms with Crippen LogP contribution in [0.3, 0.4) is 0 Å². The maximum absolute atomic E-state index is 11.3. The normalized spacial score (nSPS) is 11.2. The minimum atomic E-state index is -0.305. The molecule has 0 saturated heterocycles. The van der Waals surface area contributed by atoms with Gasteiger partial charge in [0.15, 0.2) is 0 Å². The Labute approximate surface area is 93.2 Å². The van der Waals surface area contributed by atoms with Crippen molar-refractivity contribution < 1.29 is 10.0 Å². The van der Waals surface area contributed by atoms with Crippen molar-refractivity contribution in [2.24, 2.45) is 10.9 Å². The predicted molar refractivity (Wildman–Crippen MR) is 58.8 cm³/mol. The summed E-state index contributed by atoms with van der Waals surface area (Å²) in [5, 5.41) is 13.6. The number of carbonyl (C=O) groups is 1. The molecule has 1 rings (SSSR count). The van der Waals surface area contributed by atoms with Crippen LogP contribution in [0.4, 0.5) is 0 Å². The molecule has 0 radical (unpaired) electrons. The number of hydrogen-bond acceptors (Lipinski definition) is 4. The highest BCUT2D eigenvalue weighted by atomic mass is 16.4. The zero-order valence-electron chi connectivity index (χ0n) is 8.97. The molecule has 16 heavy (non-hydrogen) atoms. The van der Waals surface area contributed by atoms with Gasteiger partial charge in [0.2, 0.25) is 5.91 Å². The van der Waals surface area contributed by atoms with Crippen LogP contribution in [0.1, 0.15) is 17.7 Å². The Kier molecular flexibility index (Phi) is 4.26. The molecular weight excluding hydrogens is 208 g/mol. The SMILES string of the molecule is Cc1cccnc1CNC(=O)CC(N)=NO. The number of oxime groups is 1. The monoisotopic (exact) mass is 222 g/mol. The van der Waals surface area contributed by atoms with E-state index in [0.29, 0.717) is 6.54 Å². The van der Waals surface area contributed by atoms with E-state index in [9.17, 15) is 4.79 Å². The maximum atomic E-state index is 11.3. The van der Waals surface area contributed by atoms with E-state index in [1.54, 1.807) is 6.20 Å². The number of hydrogen-bond donors (Lipinski definition) is 3. The number of nitrogens with one attached hydrogen (secondary N) is 1. The number of pyridine rings is 1. The fourth-order valence-corrected chi connectivity index (χ4v) is 1.15. The van der Waals surface area contributed by atoms with E-state index in [4.69, 9.17) is 10.9 Å². The zero-order chi connectivity index (χ0) is 12.0. The number of amidine groups is 1. The van der Waals surface area contributed by atoms with Crippen LogP contribution in [-0.4, -0.2) is 21.9 Å². The third-order valence-electron chi connectivity index (χ3n) is 2.04. The van der Waals surface area contributed by atoms with Crippen LogP contribution in [0, 0.1) is 6.92 Å². The molecule has 0 bridgehead atoms. The number of nitrogens with two attached hydrogens (primary N) is 1. The molecule has 1 heterocycles. The summed E-state index contributed by atoms with van der Waals surface area (Å²) in [5.41, 5.74) is 7.00.